The lowest BCUT2D eigenvalue weighted by Crippen LogP contribution is -2.14. The Morgan fingerprint density at radius 3 is 2.54 bits per heavy atom. The molecule has 24 heavy (non-hydrogen) atoms. The van der Waals surface area contributed by atoms with Gasteiger partial charge in [0.05, 0.1) is 17.1 Å². The molecule has 0 unspecified atom stereocenters. The molecule has 0 aliphatic carbocycles. The van der Waals surface area contributed by atoms with E-state index in [1.165, 1.54) is 18.3 Å². The van der Waals surface area contributed by atoms with Gasteiger partial charge in [-0.25, -0.2) is 4.98 Å². The van der Waals surface area contributed by atoms with Gasteiger partial charge in [0.15, 0.2) is 5.78 Å². The number of nitrogens with one attached hydrogen (secondary N) is 1. The van der Waals surface area contributed by atoms with Crippen LogP contribution in [0.3, 0.4) is 0 Å². The van der Waals surface area contributed by atoms with Crippen molar-refractivity contribution in [2.45, 2.75) is 13.8 Å². The first-order valence-corrected chi connectivity index (χ1v) is 8.18. The van der Waals surface area contributed by atoms with Crippen molar-refractivity contribution in [2.75, 3.05) is 5.32 Å². The summed E-state index contributed by atoms with van der Waals surface area (Å²) < 4.78 is 0. The third-order valence-corrected chi connectivity index (χ3v) is 4.62. The van der Waals surface area contributed by atoms with Gasteiger partial charge in [-0.05, 0) is 38.1 Å². The molecule has 1 amide bonds. The second-order valence-electron chi connectivity index (χ2n) is 5.20. The number of aryl methyl sites for hydroxylation is 1. The summed E-state index contributed by atoms with van der Waals surface area (Å²) in [5, 5.41) is 3.50. The maximum Gasteiger partial charge on any atom is 0.267 e. The van der Waals surface area contributed by atoms with Crippen LogP contribution in [0.25, 0.3) is 10.7 Å². The number of para-hydroxylation sites is 1. The topological polar surface area (TPSA) is 72.0 Å². The van der Waals surface area contributed by atoms with Crippen LogP contribution in [0.5, 0.6) is 0 Å². The summed E-state index contributed by atoms with van der Waals surface area (Å²) in [4.78, 5) is 33.4. The Kier molecular flexibility index (Phi) is 4.48. The fourth-order valence-corrected chi connectivity index (χ4v) is 3.22. The number of ketones is 1. The number of amides is 1. The van der Waals surface area contributed by atoms with Gasteiger partial charge < -0.3 is 5.32 Å². The van der Waals surface area contributed by atoms with E-state index in [-0.39, 0.29) is 11.7 Å². The van der Waals surface area contributed by atoms with Crippen LogP contribution in [-0.4, -0.2) is 21.7 Å². The molecule has 0 spiro atoms. The Morgan fingerprint density at radius 2 is 1.83 bits per heavy atom. The molecule has 3 aromatic rings. The van der Waals surface area contributed by atoms with Gasteiger partial charge in [0, 0.05) is 11.8 Å². The maximum atomic E-state index is 12.6. The number of anilines is 1. The highest BCUT2D eigenvalue weighted by Crippen LogP contribution is 2.27. The molecule has 120 valence electrons. The van der Waals surface area contributed by atoms with Crippen molar-refractivity contribution in [3.63, 3.8) is 0 Å². The van der Waals surface area contributed by atoms with Crippen LogP contribution in [0.2, 0.25) is 0 Å². The molecule has 0 aliphatic rings. The van der Waals surface area contributed by atoms with Crippen LogP contribution in [0.1, 0.15) is 32.6 Å². The maximum absolute atomic E-state index is 12.6. The molecule has 0 fully saturated rings. The second kappa shape index (κ2) is 6.72. The Bertz CT molecular complexity index is 904. The van der Waals surface area contributed by atoms with Crippen molar-refractivity contribution in [1.82, 2.24) is 9.97 Å². The second-order valence-corrected chi connectivity index (χ2v) is 6.20. The van der Waals surface area contributed by atoms with E-state index in [1.807, 2.05) is 18.2 Å². The standard InChI is InChI=1S/C18H15N3O2S/c1-11-16(24-18(20-11)15-9-5-6-10-19-15)17(23)21-14-8-4-3-7-13(14)12(2)22/h3-10H,1-2H3,(H,21,23). The molecule has 1 aromatic carbocycles. The summed E-state index contributed by atoms with van der Waals surface area (Å²) in [5.74, 6) is -0.373. The van der Waals surface area contributed by atoms with Crippen molar-refractivity contribution >= 4 is 28.7 Å². The number of pyridine rings is 1. The molecule has 2 heterocycles. The van der Waals surface area contributed by atoms with E-state index < -0.39 is 0 Å². The number of aromatic nitrogens is 2. The molecular weight excluding hydrogens is 322 g/mol. The molecule has 0 saturated carbocycles. The van der Waals surface area contributed by atoms with Gasteiger partial charge in [-0.3, -0.25) is 14.6 Å². The monoisotopic (exact) mass is 337 g/mol. The van der Waals surface area contributed by atoms with Crippen LogP contribution in [0, 0.1) is 6.92 Å². The minimum atomic E-state index is -0.277. The number of rotatable bonds is 4. The summed E-state index contributed by atoms with van der Waals surface area (Å²) in [7, 11) is 0. The van der Waals surface area contributed by atoms with Gasteiger partial charge in [0.25, 0.3) is 5.91 Å². The Labute approximate surface area is 143 Å². The first kappa shape index (κ1) is 16.0. The van der Waals surface area contributed by atoms with Crippen molar-refractivity contribution in [2.24, 2.45) is 0 Å². The van der Waals surface area contributed by atoms with Crippen molar-refractivity contribution < 1.29 is 9.59 Å². The number of Topliss-reactive ketones (excluding diaryl/α,β-unsaturated/α-hetero) is 1. The van der Waals surface area contributed by atoms with E-state index in [9.17, 15) is 9.59 Å². The molecule has 0 aliphatic heterocycles. The fraction of sp³-hybridized carbons (Fsp3) is 0.111. The third-order valence-electron chi connectivity index (χ3n) is 3.44. The summed E-state index contributed by atoms with van der Waals surface area (Å²) in [5.41, 5.74) is 2.35. The Balaban J connectivity index is 1.89. The molecule has 0 saturated heterocycles. The van der Waals surface area contributed by atoms with Gasteiger partial charge in [0.2, 0.25) is 0 Å². The predicted octanol–water partition coefficient (Wildman–Crippen LogP) is 3.97. The largest absolute Gasteiger partial charge is 0.321 e. The van der Waals surface area contributed by atoms with E-state index in [4.69, 9.17) is 0 Å². The van der Waals surface area contributed by atoms with E-state index in [1.54, 1.807) is 37.4 Å². The zero-order chi connectivity index (χ0) is 17.1. The van der Waals surface area contributed by atoms with Gasteiger partial charge in [-0.15, -0.1) is 11.3 Å². The summed E-state index contributed by atoms with van der Waals surface area (Å²) in [6.45, 7) is 3.26. The van der Waals surface area contributed by atoms with Crippen LogP contribution in [0.15, 0.2) is 48.7 Å². The minimum Gasteiger partial charge on any atom is -0.321 e. The Morgan fingerprint density at radius 1 is 1.08 bits per heavy atom. The van der Waals surface area contributed by atoms with E-state index >= 15 is 0 Å². The smallest absolute Gasteiger partial charge is 0.267 e. The molecule has 6 heteroatoms. The molecule has 0 radical (unpaired) electrons. The molecule has 1 N–H and O–H groups in total. The van der Waals surface area contributed by atoms with Crippen molar-refractivity contribution in [3.8, 4) is 10.7 Å². The van der Waals surface area contributed by atoms with E-state index in [0.717, 1.165) is 5.69 Å². The molecule has 3 rings (SSSR count). The number of nitrogens with zero attached hydrogens (tertiary/aromatic N) is 2. The quantitative estimate of drug-likeness (QED) is 0.731. The lowest BCUT2D eigenvalue weighted by molar-refractivity contribution is 0.101. The predicted molar refractivity (Wildman–Crippen MR) is 94.5 cm³/mol. The van der Waals surface area contributed by atoms with Gasteiger partial charge in [0.1, 0.15) is 9.88 Å². The van der Waals surface area contributed by atoms with E-state index in [0.29, 0.717) is 26.8 Å². The number of hydrogen-bond donors (Lipinski definition) is 1. The van der Waals surface area contributed by atoms with Crippen LogP contribution in [0.4, 0.5) is 5.69 Å². The number of carbonyl (C=O) groups excluding carboxylic acids is 2. The summed E-state index contributed by atoms with van der Waals surface area (Å²) in [6.07, 6.45) is 1.69. The first-order valence-electron chi connectivity index (χ1n) is 7.36. The average molecular weight is 337 g/mol. The highest BCUT2D eigenvalue weighted by atomic mass is 32.1. The molecule has 5 nitrogen and oxygen atoms in total. The minimum absolute atomic E-state index is 0.0962. The number of carbonyl (C=O) groups is 2. The van der Waals surface area contributed by atoms with Crippen molar-refractivity contribution in [1.29, 1.82) is 0 Å². The third kappa shape index (κ3) is 3.23. The molecule has 2 aromatic heterocycles. The van der Waals surface area contributed by atoms with Crippen LogP contribution in [-0.2, 0) is 0 Å². The Hall–Kier alpha value is -2.86. The number of thiazole rings is 1. The molecule has 0 bridgehead atoms. The van der Waals surface area contributed by atoms with Crippen LogP contribution >= 0.6 is 11.3 Å². The molecular formula is C18H15N3O2S. The van der Waals surface area contributed by atoms with Crippen LogP contribution < -0.4 is 5.32 Å². The SMILES string of the molecule is CC(=O)c1ccccc1NC(=O)c1sc(-c2ccccn2)nc1C. The highest BCUT2D eigenvalue weighted by Gasteiger charge is 2.18. The van der Waals surface area contributed by atoms with Gasteiger partial charge >= 0.3 is 0 Å². The zero-order valence-corrected chi connectivity index (χ0v) is 14.1. The summed E-state index contributed by atoms with van der Waals surface area (Å²) >= 11 is 1.28. The highest BCUT2D eigenvalue weighted by molar-refractivity contribution is 7.17. The summed E-state index contributed by atoms with van der Waals surface area (Å²) in [6, 6.07) is 12.5. The lowest BCUT2D eigenvalue weighted by atomic mass is 10.1. The van der Waals surface area contributed by atoms with Gasteiger partial charge in [-0.2, -0.15) is 0 Å². The first-order chi connectivity index (χ1) is 11.6. The van der Waals surface area contributed by atoms with E-state index in [2.05, 4.69) is 15.3 Å². The fourth-order valence-electron chi connectivity index (χ4n) is 2.28. The zero-order valence-electron chi connectivity index (χ0n) is 13.2. The average Bonchev–Trinajstić information content (AvgIpc) is 2.98. The number of benzene rings is 1. The lowest BCUT2D eigenvalue weighted by Gasteiger charge is -2.08. The normalized spacial score (nSPS) is 10.4. The number of hydrogen-bond acceptors (Lipinski definition) is 5. The molecule has 0 atom stereocenters. The van der Waals surface area contributed by atoms with Gasteiger partial charge in [-0.1, -0.05) is 18.2 Å². The van der Waals surface area contributed by atoms with Crippen molar-refractivity contribution in [3.05, 3.63) is 64.8 Å².